The van der Waals surface area contributed by atoms with Gasteiger partial charge in [0.15, 0.2) is 0 Å². The molecule has 0 unspecified atom stereocenters. The first-order valence-corrected chi connectivity index (χ1v) is 7.17. The van der Waals surface area contributed by atoms with Crippen LogP contribution in [0, 0.1) is 3.57 Å². The Labute approximate surface area is 122 Å². The van der Waals surface area contributed by atoms with Gasteiger partial charge in [-0.05, 0) is 73.9 Å². The molecule has 0 aliphatic heterocycles. The van der Waals surface area contributed by atoms with E-state index >= 15 is 0 Å². The highest BCUT2D eigenvalue weighted by molar-refractivity contribution is 14.1. The summed E-state index contributed by atoms with van der Waals surface area (Å²) in [6, 6.07) is 8.42. The molecule has 1 aromatic heterocycles. The highest BCUT2D eigenvalue weighted by Gasteiger charge is 2.01. The van der Waals surface area contributed by atoms with Gasteiger partial charge in [-0.1, -0.05) is 0 Å². The fraction of sp³-hybridized carbons (Fsp3) is 0.357. The highest BCUT2D eigenvalue weighted by atomic mass is 123. The van der Waals surface area contributed by atoms with Crippen molar-refractivity contribution in [2.24, 2.45) is 0 Å². The summed E-state index contributed by atoms with van der Waals surface area (Å²) in [7, 11) is 4.20. The summed E-state index contributed by atoms with van der Waals surface area (Å²) in [5, 5.41) is 4.69. The van der Waals surface area contributed by atoms with E-state index in [9.17, 15) is 0 Å². The fourth-order valence-corrected chi connectivity index (χ4v) is 2.37. The predicted octanol–water partition coefficient (Wildman–Crippen LogP) is 3.20. The average molecular weight is 351 g/mol. The Morgan fingerprint density at radius 2 is 2.11 bits per heavy atom. The normalized spacial score (nSPS) is 11.1. The van der Waals surface area contributed by atoms with E-state index in [2.05, 4.69) is 70.1 Å². The van der Waals surface area contributed by atoms with Gasteiger partial charge in [0.2, 0.25) is 0 Å². The van der Waals surface area contributed by atoms with Crippen LogP contribution in [0.2, 0.25) is 0 Å². The Kier molecular flexibility index (Phi) is 4.77. The van der Waals surface area contributed by atoms with Crippen LogP contribution in [0.4, 0.5) is 5.69 Å². The first kappa shape index (κ1) is 13.5. The molecule has 0 radical (unpaired) electrons. The number of halogens is 1. The maximum atomic E-state index is 4.41. The molecule has 0 aliphatic carbocycles. The maximum Gasteiger partial charge on any atom is 0.0733 e. The van der Waals surface area contributed by atoms with E-state index in [-0.39, 0.29) is 0 Å². The van der Waals surface area contributed by atoms with Crippen LogP contribution in [0.5, 0.6) is 0 Å². The van der Waals surface area contributed by atoms with Gasteiger partial charge in [0, 0.05) is 27.4 Å². The molecule has 0 saturated carbocycles. The number of rotatable bonds is 5. The highest BCUT2D eigenvalue weighted by Crippen LogP contribution is 2.23. The van der Waals surface area contributed by atoms with Crippen molar-refractivity contribution in [3.8, 4) is 0 Å². The van der Waals surface area contributed by atoms with Crippen LogP contribution in [0.25, 0.3) is 10.9 Å². The van der Waals surface area contributed by atoms with E-state index < -0.39 is 0 Å². The van der Waals surface area contributed by atoms with Crippen LogP contribution in [0.1, 0.15) is 6.42 Å². The van der Waals surface area contributed by atoms with Crippen molar-refractivity contribution < 1.29 is 0 Å². The summed E-state index contributed by atoms with van der Waals surface area (Å²) in [6.07, 6.45) is 3.01. The Balaban J connectivity index is 2.08. The molecule has 0 atom stereocenters. The molecular weight excluding hydrogens is 333 g/mol. The van der Waals surface area contributed by atoms with Gasteiger partial charge in [0.1, 0.15) is 0 Å². The van der Waals surface area contributed by atoms with Gasteiger partial charge >= 0.3 is 0 Å². The van der Waals surface area contributed by atoms with Gasteiger partial charge in [-0.3, -0.25) is 4.98 Å². The SMILES string of the molecule is CN(C)CCCNc1ccnc2cc([123I])ccc12. The second kappa shape index (κ2) is 6.33. The van der Waals surface area contributed by atoms with Gasteiger partial charge in [-0.2, -0.15) is 0 Å². The lowest BCUT2D eigenvalue weighted by Crippen LogP contribution is -2.16. The zero-order valence-corrected chi connectivity index (χ0v) is 12.9. The van der Waals surface area contributed by atoms with Crippen LogP contribution < -0.4 is 5.32 Å². The van der Waals surface area contributed by atoms with Gasteiger partial charge in [0.05, 0.1) is 5.52 Å². The molecule has 96 valence electrons. The first-order chi connectivity index (χ1) is 8.66. The smallest absolute Gasteiger partial charge is 0.0733 e. The van der Waals surface area contributed by atoms with Gasteiger partial charge in [-0.15, -0.1) is 0 Å². The minimum Gasteiger partial charge on any atom is -0.384 e. The molecule has 1 N–H and O–H groups in total. The van der Waals surface area contributed by atoms with E-state index in [1.54, 1.807) is 0 Å². The molecule has 1 aromatic carbocycles. The maximum absolute atomic E-state index is 4.41. The molecule has 2 rings (SSSR count). The van der Waals surface area contributed by atoms with E-state index in [4.69, 9.17) is 0 Å². The number of nitrogens with zero attached hydrogens (tertiary/aromatic N) is 2. The average Bonchev–Trinajstić information content (AvgIpc) is 2.34. The third kappa shape index (κ3) is 3.55. The largest absolute Gasteiger partial charge is 0.384 e. The van der Waals surface area contributed by atoms with Crippen molar-refractivity contribution in [1.29, 1.82) is 0 Å². The van der Waals surface area contributed by atoms with Gasteiger partial charge in [0.25, 0.3) is 0 Å². The predicted molar refractivity (Wildman–Crippen MR) is 86.1 cm³/mol. The summed E-state index contributed by atoms with van der Waals surface area (Å²) in [5.74, 6) is 0. The molecule has 1 heterocycles. The summed E-state index contributed by atoms with van der Waals surface area (Å²) in [6.45, 7) is 2.09. The van der Waals surface area contributed by atoms with Crippen molar-refractivity contribution in [3.63, 3.8) is 0 Å². The number of hydrogen-bond acceptors (Lipinski definition) is 3. The molecule has 4 heteroatoms. The molecule has 0 amide bonds. The van der Waals surface area contributed by atoms with Crippen molar-refractivity contribution in [2.45, 2.75) is 6.42 Å². The molecule has 3 nitrogen and oxygen atoms in total. The van der Waals surface area contributed by atoms with E-state index in [1.165, 1.54) is 14.6 Å². The van der Waals surface area contributed by atoms with Crippen LogP contribution in [0.3, 0.4) is 0 Å². The minimum atomic E-state index is 0.989. The molecule has 0 saturated heterocycles. The molecule has 0 aliphatic rings. The van der Waals surface area contributed by atoms with E-state index in [0.717, 1.165) is 25.0 Å². The summed E-state index contributed by atoms with van der Waals surface area (Å²) in [4.78, 5) is 6.61. The van der Waals surface area contributed by atoms with Crippen molar-refractivity contribution in [2.75, 3.05) is 32.5 Å². The third-order valence-corrected chi connectivity index (χ3v) is 3.47. The lowest BCUT2D eigenvalue weighted by Gasteiger charge is -2.12. The van der Waals surface area contributed by atoms with E-state index in [1.807, 2.05) is 12.3 Å². The van der Waals surface area contributed by atoms with Gasteiger partial charge < -0.3 is 10.2 Å². The lowest BCUT2D eigenvalue weighted by molar-refractivity contribution is 0.405. The molecule has 0 fully saturated rings. The molecule has 0 bridgehead atoms. The van der Waals surface area contributed by atoms with Crippen molar-refractivity contribution in [3.05, 3.63) is 34.0 Å². The Hall–Kier alpha value is -0.880. The summed E-state index contributed by atoms with van der Waals surface area (Å²) < 4.78 is 1.22. The Morgan fingerprint density at radius 1 is 1.28 bits per heavy atom. The number of aromatic nitrogens is 1. The Morgan fingerprint density at radius 3 is 2.89 bits per heavy atom. The molecule has 0 spiro atoms. The minimum absolute atomic E-state index is 0.989. The number of fused-ring (bicyclic) bond motifs is 1. The zero-order chi connectivity index (χ0) is 13.0. The second-order valence-electron chi connectivity index (χ2n) is 4.60. The van der Waals surface area contributed by atoms with Crippen LogP contribution in [0.15, 0.2) is 30.5 Å². The second-order valence-corrected chi connectivity index (χ2v) is 5.85. The molecular formula is C14H18IN3. The lowest BCUT2D eigenvalue weighted by atomic mass is 10.2. The number of hydrogen-bond donors (Lipinski definition) is 1. The number of pyridine rings is 1. The van der Waals surface area contributed by atoms with Crippen molar-refractivity contribution in [1.82, 2.24) is 9.88 Å². The summed E-state index contributed by atoms with van der Waals surface area (Å²) in [5.41, 5.74) is 2.23. The monoisotopic (exact) mass is 351 g/mol. The van der Waals surface area contributed by atoms with Crippen LogP contribution >= 0.6 is 22.6 Å². The van der Waals surface area contributed by atoms with Crippen LogP contribution in [-0.4, -0.2) is 37.1 Å². The zero-order valence-electron chi connectivity index (χ0n) is 10.8. The Bertz CT molecular complexity index is 525. The number of nitrogens with one attached hydrogen (secondary N) is 1. The fourth-order valence-electron chi connectivity index (χ4n) is 1.89. The van der Waals surface area contributed by atoms with E-state index in [0.29, 0.717) is 0 Å². The van der Waals surface area contributed by atoms with Gasteiger partial charge in [-0.25, -0.2) is 0 Å². The number of anilines is 1. The summed E-state index contributed by atoms with van der Waals surface area (Å²) >= 11 is 2.32. The topological polar surface area (TPSA) is 28.2 Å². The van der Waals surface area contributed by atoms with Crippen molar-refractivity contribution >= 4 is 39.2 Å². The molecule has 18 heavy (non-hydrogen) atoms. The standard InChI is InChI=1S/C14H18IN3/c1-18(2)9-3-7-16-13-6-8-17-14-10-11(15)4-5-12(13)14/h4-6,8,10H,3,7,9H2,1-2H3,(H,16,17)/i15-4. The quantitative estimate of drug-likeness (QED) is 0.662. The van der Waals surface area contributed by atoms with Crippen LogP contribution in [-0.2, 0) is 0 Å². The number of benzene rings is 1. The third-order valence-electron chi connectivity index (χ3n) is 2.80. The molecule has 2 aromatic rings. The first-order valence-electron chi connectivity index (χ1n) is 6.10.